The highest BCUT2D eigenvalue weighted by molar-refractivity contribution is 5.39. The summed E-state index contributed by atoms with van der Waals surface area (Å²) in [5.74, 6) is 0.811. The minimum Gasteiger partial charge on any atom is -0.367 e. The van der Waals surface area contributed by atoms with Crippen molar-refractivity contribution in [3.8, 4) is 6.07 Å². The van der Waals surface area contributed by atoms with Crippen molar-refractivity contribution in [1.82, 2.24) is 9.88 Å². The highest BCUT2D eigenvalue weighted by Crippen LogP contribution is 2.18. The monoisotopic (exact) mass is 230 g/mol. The first kappa shape index (κ1) is 11.9. The summed E-state index contributed by atoms with van der Waals surface area (Å²) in [5.41, 5.74) is 0.468. The lowest BCUT2D eigenvalue weighted by atomic mass is 9.99. The SMILES string of the molecule is CC1CC(Nc2cccc(C#N)n2)CCN1C. The molecule has 0 aliphatic carbocycles. The quantitative estimate of drug-likeness (QED) is 0.842. The van der Waals surface area contributed by atoms with Crippen molar-refractivity contribution in [2.75, 3.05) is 18.9 Å². The maximum atomic E-state index is 8.80. The van der Waals surface area contributed by atoms with E-state index in [4.69, 9.17) is 5.26 Å². The predicted molar refractivity (Wildman–Crippen MR) is 67.7 cm³/mol. The van der Waals surface area contributed by atoms with E-state index in [-0.39, 0.29) is 0 Å². The van der Waals surface area contributed by atoms with Crippen LogP contribution in [0.25, 0.3) is 0 Å². The minimum atomic E-state index is 0.461. The topological polar surface area (TPSA) is 52.0 Å². The van der Waals surface area contributed by atoms with Crippen molar-refractivity contribution < 1.29 is 0 Å². The molecule has 2 heterocycles. The van der Waals surface area contributed by atoms with Gasteiger partial charge in [0.1, 0.15) is 17.6 Å². The molecule has 1 N–H and O–H groups in total. The Morgan fingerprint density at radius 1 is 1.53 bits per heavy atom. The van der Waals surface area contributed by atoms with E-state index in [1.165, 1.54) is 0 Å². The van der Waals surface area contributed by atoms with E-state index in [9.17, 15) is 0 Å². The Morgan fingerprint density at radius 2 is 2.35 bits per heavy atom. The van der Waals surface area contributed by atoms with E-state index < -0.39 is 0 Å². The number of hydrogen-bond donors (Lipinski definition) is 1. The summed E-state index contributed by atoms with van der Waals surface area (Å²) < 4.78 is 0. The molecular weight excluding hydrogens is 212 g/mol. The number of aromatic nitrogens is 1. The van der Waals surface area contributed by atoms with Crippen molar-refractivity contribution in [2.24, 2.45) is 0 Å². The van der Waals surface area contributed by atoms with Crippen LogP contribution in [-0.4, -0.2) is 35.6 Å². The smallest absolute Gasteiger partial charge is 0.142 e. The van der Waals surface area contributed by atoms with E-state index in [1.54, 1.807) is 6.07 Å². The molecule has 0 amide bonds. The molecule has 0 aromatic carbocycles. The van der Waals surface area contributed by atoms with Gasteiger partial charge in [-0.2, -0.15) is 5.26 Å². The first-order chi connectivity index (χ1) is 8.19. The van der Waals surface area contributed by atoms with Gasteiger partial charge in [0.15, 0.2) is 0 Å². The molecule has 1 aromatic heterocycles. The largest absolute Gasteiger partial charge is 0.367 e. The molecule has 1 saturated heterocycles. The van der Waals surface area contributed by atoms with Gasteiger partial charge in [-0.3, -0.25) is 0 Å². The molecule has 4 heteroatoms. The first-order valence-electron chi connectivity index (χ1n) is 6.03. The van der Waals surface area contributed by atoms with Crippen LogP contribution < -0.4 is 5.32 Å². The van der Waals surface area contributed by atoms with Crippen LogP contribution in [-0.2, 0) is 0 Å². The number of pyridine rings is 1. The third-order valence-electron chi connectivity index (χ3n) is 3.42. The van der Waals surface area contributed by atoms with Crippen LogP contribution in [0.15, 0.2) is 18.2 Å². The number of anilines is 1. The number of nitriles is 1. The molecule has 0 radical (unpaired) electrons. The Balaban J connectivity index is 1.99. The molecule has 1 aliphatic rings. The average Bonchev–Trinajstić information content (AvgIpc) is 2.34. The summed E-state index contributed by atoms with van der Waals surface area (Å²) >= 11 is 0. The molecule has 2 atom stereocenters. The Morgan fingerprint density at radius 3 is 3.06 bits per heavy atom. The van der Waals surface area contributed by atoms with Gasteiger partial charge in [0.2, 0.25) is 0 Å². The summed E-state index contributed by atoms with van der Waals surface area (Å²) in [7, 11) is 2.16. The Bertz CT molecular complexity index is 424. The van der Waals surface area contributed by atoms with Gasteiger partial charge in [-0.15, -0.1) is 0 Å². The molecule has 4 nitrogen and oxygen atoms in total. The van der Waals surface area contributed by atoms with Gasteiger partial charge in [-0.05, 0) is 38.9 Å². The van der Waals surface area contributed by atoms with Crippen LogP contribution in [0.3, 0.4) is 0 Å². The lowest BCUT2D eigenvalue weighted by Crippen LogP contribution is -2.42. The number of likely N-dealkylation sites (tertiary alicyclic amines) is 1. The molecule has 1 aliphatic heterocycles. The lowest BCUT2D eigenvalue weighted by molar-refractivity contribution is 0.190. The van der Waals surface area contributed by atoms with Gasteiger partial charge in [-0.25, -0.2) is 4.98 Å². The van der Waals surface area contributed by atoms with E-state index in [0.29, 0.717) is 17.8 Å². The first-order valence-corrected chi connectivity index (χ1v) is 6.03. The van der Waals surface area contributed by atoms with Crippen molar-refractivity contribution in [3.05, 3.63) is 23.9 Å². The number of rotatable bonds is 2. The van der Waals surface area contributed by atoms with Crippen LogP contribution in [0, 0.1) is 11.3 Å². The van der Waals surface area contributed by atoms with E-state index >= 15 is 0 Å². The minimum absolute atomic E-state index is 0.461. The molecule has 0 saturated carbocycles. The molecule has 1 aromatic rings. The molecule has 2 rings (SSSR count). The maximum absolute atomic E-state index is 8.80. The molecule has 0 spiro atoms. The Kier molecular flexibility index (Phi) is 3.60. The Labute approximate surface area is 102 Å². The normalized spacial score (nSPS) is 25.2. The number of piperidine rings is 1. The molecule has 0 bridgehead atoms. The van der Waals surface area contributed by atoms with Gasteiger partial charge in [0.25, 0.3) is 0 Å². The van der Waals surface area contributed by atoms with Crippen LogP contribution in [0.4, 0.5) is 5.82 Å². The van der Waals surface area contributed by atoms with Gasteiger partial charge < -0.3 is 10.2 Å². The lowest BCUT2D eigenvalue weighted by Gasteiger charge is -2.35. The van der Waals surface area contributed by atoms with Crippen LogP contribution in [0.2, 0.25) is 0 Å². The molecule has 2 unspecified atom stereocenters. The standard InChI is InChI=1S/C13H18N4/c1-10-8-11(6-7-17(10)2)15-13-5-3-4-12(9-14)16-13/h3-5,10-11H,6-8H2,1-2H3,(H,15,16). The predicted octanol–water partition coefficient (Wildman–Crippen LogP) is 1.85. The van der Waals surface area contributed by atoms with Crippen molar-refractivity contribution >= 4 is 5.82 Å². The molecule has 17 heavy (non-hydrogen) atoms. The zero-order valence-corrected chi connectivity index (χ0v) is 10.3. The fourth-order valence-corrected chi connectivity index (χ4v) is 2.21. The second-order valence-electron chi connectivity index (χ2n) is 4.72. The number of nitrogens with zero attached hydrogens (tertiary/aromatic N) is 3. The van der Waals surface area contributed by atoms with Crippen LogP contribution in [0.1, 0.15) is 25.5 Å². The van der Waals surface area contributed by atoms with Gasteiger partial charge in [-0.1, -0.05) is 6.07 Å². The summed E-state index contributed by atoms with van der Waals surface area (Å²) in [5, 5.41) is 12.2. The number of hydrogen-bond acceptors (Lipinski definition) is 4. The molecule has 90 valence electrons. The molecule has 1 fully saturated rings. The third-order valence-corrected chi connectivity index (χ3v) is 3.42. The second-order valence-corrected chi connectivity index (χ2v) is 4.72. The summed E-state index contributed by atoms with van der Waals surface area (Å²) in [4.78, 5) is 6.62. The van der Waals surface area contributed by atoms with Crippen molar-refractivity contribution in [2.45, 2.75) is 31.8 Å². The second kappa shape index (κ2) is 5.15. The average molecular weight is 230 g/mol. The van der Waals surface area contributed by atoms with Gasteiger partial charge in [0, 0.05) is 18.6 Å². The Hall–Kier alpha value is -1.60. The van der Waals surface area contributed by atoms with Crippen LogP contribution in [0.5, 0.6) is 0 Å². The van der Waals surface area contributed by atoms with Crippen LogP contribution >= 0.6 is 0 Å². The molecular formula is C13H18N4. The maximum Gasteiger partial charge on any atom is 0.142 e. The van der Waals surface area contributed by atoms with Gasteiger partial charge in [0.05, 0.1) is 0 Å². The van der Waals surface area contributed by atoms with E-state index in [0.717, 1.165) is 25.2 Å². The zero-order valence-electron chi connectivity index (χ0n) is 10.3. The number of nitrogens with one attached hydrogen (secondary N) is 1. The van der Waals surface area contributed by atoms with E-state index in [1.807, 2.05) is 12.1 Å². The van der Waals surface area contributed by atoms with E-state index in [2.05, 4.69) is 35.2 Å². The summed E-state index contributed by atoms with van der Waals surface area (Å²) in [6.45, 7) is 3.35. The fourth-order valence-electron chi connectivity index (χ4n) is 2.21. The van der Waals surface area contributed by atoms with Gasteiger partial charge >= 0.3 is 0 Å². The van der Waals surface area contributed by atoms with Crippen molar-refractivity contribution in [1.29, 1.82) is 5.26 Å². The zero-order chi connectivity index (χ0) is 12.3. The summed E-state index contributed by atoms with van der Waals surface area (Å²) in [6.07, 6.45) is 2.24. The third kappa shape index (κ3) is 2.95. The highest BCUT2D eigenvalue weighted by Gasteiger charge is 2.22. The fraction of sp³-hybridized carbons (Fsp3) is 0.538. The van der Waals surface area contributed by atoms with Crippen molar-refractivity contribution in [3.63, 3.8) is 0 Å². The summed E-state index contributed by atoms with van der Waals surface area (Å²) in [6, 6.07) is 8.63. The highest BCUT2D eigenvalue weighted by atomic mass is 15.2.